The molecule has 0 radical (unpaired) electrons. The van der Waals surface area contributed by atoms with Crippen molar-refractivity contribution >= 4 is 6.03 Å². The van der Waals surface area contributed by atoms with Crippen LogP contribution >= 0.6 is 0 Å². The fourth-order valence-electron chi connectivity index (χ4n) is 3.21. The van der Waals surface area contributed by atoms with Gasteiger partial charge < -0.3 is 10.6 Å². The minimum Gasteiger partial charge on any atom is -0.334 e. The Morgan fingerprint density at radius 3 is 2.78 bits per heavy atom. The van der Waals surface area contributed by atoms with Crippen LogP contribution in [0.25, 0.3) is 11.3 Å². The van der Waals surface area contributed by atoms with E-state index in [0.29, 0.717) is 19.0 Å². The first-order chi connectivity index (χ1) is 13.2. The molecule has 1 aliphatic carbocycles. The Balaban J connectivity index is 1.33. The number of rotatable bonds is 6. The lowest BCUT2D eigenvalue weighted by Crippen LogP contribution is -2.35. The number of benzene rings is 1. The van der Waals surface area contributed by atoms with Gasteiger partial charge in [0.05, 0.1) is 24.1 Å². The van der Waals surface area contributed by atoms with E-state index in [2.05, 4.69) is 26.8 Å². The van der Waals surface area contributed by atoms with Crippen LogP contribution in [0.3, 0.4) is 0 Å². The van der Waals surface area contributed by atoms with Crippen LogP contribution in [-0.2, 0) is 20.1 Å². The van der Waals surface area contributed by atoms with Crippen molar-refractivity contribution in [2.45, 2.75) is 31.8 Å². The summed E-state index contributed by atoms with van der Waals surface area (Å²) in [5, 5.41) is 10.2. The molecule has 2 N–H and O–H groups in total. The Hall–Kier alpha value is -3.15. The Kier molecular flexibility index (Phi) is 4.87. The van der Waals surface area contributed by atoms with E-state index in [1.54, 1.807) is 6.20 Å². The molecule has 0 saturated heterocycles. The number of pyridine rings is 1. The number of hydrogen-bond donors (Lipinski definition) is 2. The van der Waals surface area contributed by atoms with Gasteiger partial charge in [-0.15, -0.1) is 0 Å². The van der Waals surface area contributed by atoms with E-state index >= 15 is 0 Å². The number of aryl methyl sites for hydroxylation is 1. The fourth-order valence-corrected chi connectivity index (χ4v) is 3.21. The minimum atomic E-state index is -0.179. The molecule has 0 aliphatic heterocycles. The van der Waals surface area contributed by atoms with E-state index in [-0.39, 0.29) is 6.03 Å². The van der Waals surface area contributed by atoms with E-state index in [1.807, 2.05) is 54.3 Å². The van der Waals surface area contributed by atoms with Gasteiger partial charge in [-0.05, 0) is 48.1 Å². The lowest BCUT2D eigenvalue weighted by Gasteiger charge is -2.10. The van der Waals surface area contributed by atoms with Gasteiger partial charge in [0.25, 0.3) is 0 Å². The molecule has 138 valence electrons. The molecule has 2 amide bonds. The highest BCUT2D eigenvalue weighted by atomic mass is 16.2. The van der Waals surface area contributed by atoms with Crippen LogP contribution in [0.2, 0.25) is 0 Å². The van der Waals surface area contributed by atoms with Crippen LogP contribution in [0.5, 0.6) is 0 Å². The first-order valence-corrected chi connectivity index (χ1v) is 9.23. The van der Waals surface area contributed by atoms with Crippen molar-refractivity contribution in [2.75, 3.05) is 0 Å². The number of carbonyl (C=O) groups is 1. The monoisotopic (exact) mass is 361 g/mol. The Bertz CT molecular complexity index is 931. The van der Waals surface area contributed by atoms with Crippen molar-refractivity contribution in [3.63, 3.8) is 0 Å². The fraction of sp³-hybridized carbons (Fsp3) is 0.286. The summed E-state index contributed by atoms with van der Waals surface area (Å²) >= 11 is 0. The zero-order valence-corrected chi connectivity index (χ0v) is 15.4. The SMILES string of the molecule is Cn1ncc(C2CC2)c1CNC(=O)NCc1cccc(-c2ccccn2)c1. The van der Waals surface area contributed by atoms with Gasteiger partial charge in [-0.2, -0.15) is 5.10 Å². The molecule has 1 saturated carbocycles. The van der Waals surface area contributed by atoms with Crippen molar-refractivity contribution in [3.05, 3.63) is 71.7 Å². The van der Waals surface area contributed by atoms with E-state index in [4.69, 9.17) is 0 Å². The quantitative estimate of drug-likeness (QED) is 0.707. The predicted octanol–water partition coefficient (Wildman–Crippen LogP) is 3.36. The van der Waals surface area contributed by atoms with Gasteiger partial charge >= 0.3 is 6.03 Å². The molecule has 4 rings (SSSR count). The Labute approximate surface area is 158 Å². The molecular formula is C21H23N5O. The number of nitrogens with one attached hydrogen (secondary N) is 2. The highest BCUT2D eigenvalue weighted by molar-refractivity contribution is 5.74. The zero-order valence-electron chi connectivity index (χ0n) is 15.4. The molecule has 3 aromatic rings. The van der Waals surface area contributed by atoms with Gasteiger partial charge in [-0.3, -0.25) is 9.67 Å². The van der Waals surface area contributed by atoms with Crippen molar-refractivity contribution in [2.24, 2.45) is 7.05 Å². The van der Waals surface area contributed by atoms with Crippen LogP contribution in [0.4, 0.5) is 4.79 Å². The molecule has 1 aromatic carbocycles. The standard InChI is InChI=1S/C21H23N5O/c1-26-20(18(13-25-26)16-8-9-16)14-24-21(27)23-12-15-5-4-6-17(11-15)19-7-2-3-10-22-19/h2-7,10-11,13,16H,8-9,12,14H2,1H3,(H2,23,24,27). The van der Waals surface area contributed by atoms with Gasteiger partial charge in [-0.25, -0.2) is 4.79 Å². The lowest BCUT2D eigenvalue weighted by atomic mass is 10.1. The first kappa shape index (κ1) is 17.3. The summed E-state index contributed by atoms with van der Waals surface area (Å²) in [6.07, 6.45) is 6.15. The third kappa shape index (κ3) is 4.16. The molecule has 2 aromatic heterocycles. The molecule has 6 nitrogen and oxygen atoms in total. The summed E-state index contributed by atoms with van der Waals surface area (Å²) < 4.78 is 1.85. The van der Waals surface area contributed by atoms with Crippen LogP contribution in [0, 0.1) is 0 Å². The normalized spacial score (nSPS) is 13.4. The number of amides is 2. The zero-order chi connectivity index (χ0) is 18.6. The Morgan fingerprint density at radius 1 is 1.15 bits per heavy atom. The van der Waals surface area contributed by atoms with E-state index in [0.717, 1.165) is 22.5 Å². The van der Waals surface area contributed by atoms with E-state index in [9.17, 15) is 4.79 Å². The summed E-state index contributed by atoms with van der Waals surface area (Å²) in [4.78, 5) is 16.6. The number of carbonyl (C=O) groups excluding carboxylic acids is 1. The smallest absolute Gasteiger partial charge is 0.315 e. The van der Waals surface area contributed by atoms with E-state index in [1.165, 1.54) is 18.4 Å². The largest absolute Gasteiger partial charge is 0.334 e. The second-order valence-electron chi connectivity index (χ2n) is 6.90. The summed E-state index contributed by atoms with van der Waals surface area (Å²) in [7, 11) is 1.92. The van der Waals surface area contributed by atoms with Gasteiger partial charge in [0, 0.05) is 25.4 Å². The number of urea groups is 1. The lowest BCUT2D eigenvalue weighted by molar-refractivity contribution is 0.240. The maximum Gasteiger partial charge on any atom is 0.315 e. The molecule has 1 fully saturated rings. The van der Waals surface area contributed by atoms with Gasteiger partial charge in [0.1, 0.15) is 0 Å². The summed E-state index contributed by atoms with van der Waals surface area (Å²) in [5.74, 6) is 0.618. The van der Waals surface area contributed by atoms with Crippen molar-refractivity contribution in [1.82, 2.24) is 25.4 Å². The molecular weight excluding hydrogens is 338 g/mol. The van der Waals surface area contributed by atoms with Crippen molar-refractivity contribution < 1.29 is 4.79 Å². The molecule has 0 spiro atoms. The van der Waals surface area contributed by atoms with E-state index < -0.39 is 0 Å². The number of nitrogens with zero attached hydrogens (tertiary/aromatic N) is 3. The minimum absolute atomic E-state index is 0.179. The second-order valence-corrected chi connectivity index (χ2v) is 6.90. The first-order valence-electron chi connectivity index (χ1n) is 9.23. The maximum absolute atomic E-state index is 12.2. The second kappa shape index (κ2) is 7.61. The van der Waals surface area contributed by atoms with Gasteiger partial charge in [0.2, 0.25) is 0 Å². The topological polar surface area (TPSA) is 71.8 Å². The maximum atomic E-state index is 12.2. The molecule has 0 unspecified atom stereocenters. The van der Waals surface area contributed by atoms with Crippen LogP contribution in [0.15, 0.2) is 54.9 Å². The molecule has 0 bridgehead atoms. The van der Waals surface area contributed by atoms with Crippen molar-refractivity contribution in [3.8, 4) is 11.3 Å². The highest BCUT2D eigenvalue weighted by Crippen LogP contribution is 2.41. The third-order valence-electron chi connectivity index (χ3n) is 4.87. The van der Waals surface area contributed by atoms with Crippen LogP contribution in [-0.4, -0.2) is 20.8 Å². The summed E-state index contributed by atoms with van der Waals surface area (Å²) in [6.45, 7) is 0.954. The molecule has 0 atom stereocenters. The molecule has 2 heterocycles. The number of hydrogen-bond acceptors (Lipinski definition) is 3. The van der Waals surface area contributed by atoms with Crippen molar-refractivity contribution in [1.29, 1.82) is 0 Å². The average molecular weight is 361 g/mol. The molecule has 6 heteroatoms. The third-order valence-corrected chi connectivity index (χ3v) is 4.87. The predicted molar refractivity (Wildman–Crippen MR) is 104 cm³/mol. The van der Waals surface area contributed by atoms with Crippen LogP contribution in [0.1, 0.15) is 35.6 Å². The summed E-state index contributed by atoms with van der Waals surface area (Å²) in [6, 6.07) is 13.7. The Morgan fingerprint density at radius 2 is 2.00 bits per heavy atom. The molecule has 1 aliphatic rings. The summed E-state index contributed by atoms with van der Waals surface area (Å²) in [5.41, 5.74) is 5.35. The van der Waals surface area contributed by atoms with Gasteiger partial charge in [0.15, 0.2) is 0 Å². The number of aromatic nitrogens is 3. The molecule has 27 heavy (non-hydrogen) atoms. The van der Waals surface area contributed by atoms with Gasteiger partial charge in [-0.1, -0.05) is 24.3 Å². The average Bonchev–Trinajstić information content (AvgIpc) is 3.48. The van der Waals surface area contributed by atoms with Crippen LogP contribution < -0.4 is 10.6 Å². The highest BCUT2D eigenvalue weighted by Gasteiger charge is 2.28.